The molecule has 0 fully saturated rings. The maximum Gasteiger partial charge on any atom is 0.265 e. The molecule has 0 radical (unpaired) electrons. The summed E-state index contributed by atoms with van der Waals surface area (Å²) in [5.41, 5.74) is 0.449. The van der Waals surface area contributed by atoms with Gasteiger partial charge < -0.3 is 4.74 Å². The molecule has 2 aromatic rings. The van der Waals surface area contributed by atoms with Gasteiger partial charge in [0.15, 0.2) is 0 Å². The Morgan fingerprint density at radius 2 is 1.90 bits per heavy atom. The molecular formula is C13H13ClN2O3S. The molecule has 20 heavy (non-hydrogen) atoms. The summed E-state index contributed by atoms with van der Waals surface area (Å²) in [6.07, 6.45) is 1.23. The van der Waals surface area contributed by atoms with Crippen molar-refractivity contribution in [2.24, 2.45) is 0 Å². The first-order chi connectivity index (χ1) is 9.46. The maximum atomic E-state index is 12.5. The Bertz CT molecular complexity index is 702. The molecule has 0 unspecified atom stereocenters. The zero-order valence-corrected chi connectivity index (χ0v) is 12.5. The summed E-state index contributed by atoms with van der Waals surface area (Å²) in [7, 11) is -0.760. The number of benzene rings is 1. The molecule has 0 aliphatic carbocycles. The van der Waals surface area contributed by atoms with Gasteiger partial charge in [-0.3, -0.25) is 4.31 Å². The van der Waals surface area contributed by atoms with Crippen molar-refractivity contribution >= 4 is 27.3 Å². The SMILES string of the molecule is COc1ccccc1N(C)S(=O)(=O)c1ccc(Cl)nc1. The third kappa shape index (κ3) is 2.71. The van der Waals surface area contributed by atoms with Gasteiger partial charge in [-0.1, -0.05) is 23.7 Å². The standard InChI is InChI=1S/C13H13ClN2O3S/c1-16(11-5-3-4-6-12(11)19-2)20(17,18)10-7-8-13(14)15-9-10/h3-9H,1-2H3. The van der Waals surface area contributed by atoms with Crippen LogP contribution >= 0.6 is 11.6 Å². The lowest BCUT2D eigenvalue weighted by atomic mass is 10.3. The second kappa shape index (κ2) is 5.68. The number of rotatable bonds is 4. The minimum absolute atomic E-state index is 0.0651. The van der Waals surface area contributed by atoms with Crippen molar-refractivity contribution in [2.75, 3.05) is 18.5 Å². The van der Waals surface area contributed by atoms with Crippen LogP contribution in [0.1, 0.15) is 0 Å². The summed E-state index contributed by atoms with van der Waals surface area (Å²) in [4.78, 5) is 3.86. The summed E-state index contributed by atoms with van der Waals surface area (Å²) in [5, 5.41) is 0.240. The summed E-state index contributed by atoms with van der Waals surface area (Å²) in [6.45, 7) is 0. The van der Waals surface area contributed by atoms with Gasteiger partial charge >= 0.3 is 0 Å². The highest BCUT2D eigenvalue weighted by Gasteiger charge is 2.23. The number of aromatic nitrogens is 1. The van der Waals surface area contributed by atoms with E-state index in [-0.39, 0.29) is 10.0 Å². The topological polar surface area (TPSA) is 59.5 Å². The molecule has 1 aromatic heterocycles. The lowest BCUT2D eigenvalue weighted by Gasteiger charge is -2.21. The van der Waals surface area contributed by atoms with E-state index in [0.29, 0.717) is 11.4 Å². The molecule has 0 aliphatic rings. The molecule has 0 spiro atoms. The van der Waals surface area contributed by atoms with Crippen LogP contribution in [0.5, 0.6) is 5.75 Å². The fourth-order valence-electron chi connectivity index (χ4n) is 1.69. The van der Waals surface area contributed by atoms with Gasteiger partial charge in [0.2, 0.25) is 0 Å². The monoisotopic (exact) mass is 312 g/mol. The van der Waals surface area contributed by atoms with E-state index in [4.69, 9.17) is 16.3 Å². The molecule has 1 heterocycles. The van der Waals surface area contributed by atoms with E-state index in [1.807, 2.05) is 0 Å². The Hall–Kier alpha value is -1.79. The van der Waals surface area contributed by atoms with Crippen molar-refractivity contribution in [1.29, 1.82) is 0 Å². The van der Waals surface area contributed by atoms with Crippen molar-refractivity contribution in [3.8, 4) is 5.75 Å². The predicted octanol–water partition coefficient (Wildman–Crippen LogP) is 2.57. The lowest BCUT2D eigenvalue weighted by molar-refractivity contribution is 0.416. The van der Waals surface area contributed by atoms with Crippen LogP contribution < -0.4 is 9.04 Å². The van der Waals surface area contributed by atoms with Crippen molar-refractivity contribution in [3.63, 3.8) is 0 Å². The number of methoxy groups -OCH3 is 1. The van der Waals surface area contributed by atoms with Gasteiger partial charge in [-0.15, -0.1) is 0 Å². The number of hydrogen-bond donors (Lipinski definition) is 0. The Labute approximate surface area is 122 Å². The molecule has 2 rings (SSSR count). The largest absolute Gasteiger partial charge is 0.495 e. The normalized spacial score (nSPS) is 11.2. The fraction of sp³-hybridized carbons (Fsp3) is 0.154. The number of ether oxygens (including phenoxy) is 1. The number of hydrogen-bond acceptors (Lipinski definition) is 4. The highest BCUT2D eigenvalue weighted by molar-refractivity contribution is 7.92. The predicted molar refractivity (Wildman–Crippen MR) is 77.8 cm³/mol. The van der Waals surface area contributed by atoms with Crippen LogP contribution in [-0.2, 0) is 10.0 Å². The highest BCUT2D eigenvalue weighted by atomic mass is 35.5. The molecule has 0 saturated heterocycles. The Balaban J connectivity index is 2.46. The molecule has 0 aliphatic heterocycles. The molecule has 0 N–H and O–H groups in total. The van der Waals surface area contributed by atoms with E-state index >= 15 is 0 Å². The van der Waals surface area contributed by atoms with Crippen LogP contribution in [0.3, 0.4) is 0 Å². The summed E-state index contributed by atoms with van der Waals surface area (Å²) < 4.78 is 31.3. The number of halogens is 1. The van der Waals surface area contributed by atoms with Crippen molar-refractivity contribution in [1.82, 2.24) is 4.98 Å². The van der Waals surface area contributed by atoms with E-state index < -0.39 is 10.0 Å². The lowest BCUT2D eigenvalue weighted by Crippen LogP contribution is -2.27. The average molecular weight is 313 g/mol. The van der Waals surface area contributed by atoms with E-state index in [0.717, 1.165) is 4.31 Å². The first-order valence-corrected chi connectivity index (χ1v) is 7.52. The van der Waals surface area contributed by atoms with Gasteiger partial charge in [-0.05, 0) is 24.3 Å². The van der Waals surface area contributed by atoms with E-state index in [9.17, 15) is 8.42 Å². The van der Waals surface area contributed by atoms with Crippen molar-refractivity contribution < 1.29 is 13.2 Å². The van der Waals surface area contributed by atoms with Gasteiger partial charge in [0.1, 0.15) is 15.8 Å². The molecule has 106 valence electrons. The molecule has 7 heteroatoms. The molecule has 1 aromatic carbocycles. The molecule has 0 atom stereocenters. The molecular weight excluding hydrogens is 300 g/mol. The summed E-state index contributed by atoms with van der Waals surface area (Å²) >= 11 is 5.67. The Morgan fingerprint density at radius 1 is 1.20 bits per heavy atom. The summed E-state index contributed by atoms with van der Waals surface area (Å²) in [5.74, 6) is 0.473. The van der Waals surface area contributed by atoms with Gasteiger partial charge in [0.25, 0.3) is 10.0 Å². The minimum Gasteiger partial charge on any atom is -0.495 e. The minimum atomic E-state index is -3.71. The van der Waals surface area contributed by atoms with Crippen LogP contribution in [0.4, 0.5) is 5.69 Å². The third-order valence-electron chi connectivity index (χ3n) is 2.78. The molecule has 0 bridgehead atoms. The maximum absolute atomic E-state index is 12.5. The molecule has 0 saturated carbocycles. The number of anilines is 1. The average Bonchev–Trinajstić information content (AvgIpc) is 2.46. The second-order valence-corrected chi connectivity index (χ2v) is 6.32. The van der Waals surface area contributed by atoms with Crippen LogP contribution in [0.25, 0.3) is 0 Å². The zero-order valence-electron chi connectivity index (χ0n) is 10.9. The Kier molecular flexibility index (Phi) is 4.15. The summed E-state index contributed by atoms with van der Waals surface area (Å²) in [6, 6.07) is 9.72. The quantitative estimate of drug-likeness (QED) is 0.814. The number of pyridine rings is 1. The van der Waals surface area contributed by atoms with Gasteiger partial charge in [-0.25, -0.2) is 13.4 Å². The van der Waals surface area contributed by atoms with Gasteiger partial charge in [-0.2, -0.15) is 0 Å². The van der Waals surface area contributed by atoms with Gasteiger partial charge in [0, 0.05) is 13.2 Å². The van der Waals surface area contributed by atoms with Gasteiger partial charge in [0.05, 0.1) is 12.8 Å². The second-order valence-electron chi connectivity index (χ2n) is 3.96. The number of nitrogens with zero attached hydrogens (tertiary/aromatic N) is 2. The van der Waals surface area contributed by atoms with Crippen molar-refractivity contribution in [2.45, 2.75) is 4.90 Å². The Morgan fingerprint density at radius 3 is 2.50 bits per heavy atom. The first-order valence-electron chi connectivity index (χ1n) is 5.70. The molecule has 5 nitrogen and oxygen atoms in total. The van der Waals surface area contributed by atoms with Crippen LogP contribution in [0, 0.1) is 0 Å². The van der Waals surface area contributed by atoms with Crippen molar-refractivity contribution in [3.05, 3.63) is 47.7 Å². The smallest absolute Gasteiger partial charge is 0.265 e. The van der Waals surface area contributed by atoms with Crippen LogP contribution in [-0.4, -0.2) is 27.6 Å². The zero-order chi connectivity index (χ0) is 14.8. The first kappa shape index (κ1) is 14.6. The van der Waals surface area contributed by atoms with Crippen LogP contribution in [0.15, 0.2) is 47.5 Å². The number of para-hydroxylation sites is 2. The number of sulfonamides is 1. The molecule has 0 amide bonds. The van der Waals surface area contributed by atoms with E-state index in [2.05, 4.69) is 4.98 Å². The third-order valence-corrected chi connectivity index (χ3v) is 4.76. The highest BCUT2D eigenvalue weighted by Crippen LogP contribution is 2.30. The fourth-order valence-corrected chi connectivity index (χ4v) is 2.96. The van der Waals surface area contributed by atoms with Crippen LogP contribution in [0.2, 0.25) is 5.15 Å². The van der Waals surface area contributed by atoms with E-state index in [1.165, 1.54) is 32.5 Å². The van der Waals surface area contributed by atoms with E-state index in [1.54, 1.807) is 24.3 Å².